The van der Waals surface area contributed by atoms with Crippen LogP contribution < -0.4 is 5.32 Å². The SMILES string of the molecule is CNC(=O)[C@H]1CN(C(=O)c2cn(C)c3ccccc23)Cc2cncn21. The predicted octanol–water partition coefficient (Wildman–Crippen LogP) is 1.32. The van der Waals surface area contributed by atoms with Gasteiger partial charge in [-0.15, -0.1) is 0 Å². The summed E-state index contributed by atoms with van der Waals surface area (Å²) in [7, 11) is 3.53. The van der Waals surface area contributed by atoms with Crippen molar-refractivity contribution in [2.75, 3.05) is 13.6 Å². The number of amides is 2. The Morgan fingerprint density at radius 3 is 2.88 bits per heavy atom. The summed E-state index contributed by atoms with van der Waals surface area (Å²) in [5.41, 5.74) is 2.52. The Bertz CT molecular complexity index is 971. The maximum Gasteiger partial charge on any atom is 0.256 e. The highest BCUT2D eigenvalue weighted by molar-refractivity contribution is 6.07. The second kappa shape index (κ2) is 5.77. The molecule has 4 rings (SSSR count). The molecule has 0 saturated heterocycles. The average molecular weight is 337 g/mol. The van der Waals surface area contributed by atoms with E-state index in [1.54, 1.807) is 24.5 Å². The van der Waals surface area contributed by atoms with Crippen molar-refractivity contribution >= 4 is 22.7 Å². The molecule has 2 aromatic heterocycles. The molecule has 128 valence electrons. The summed E-state index contributed by atoms with van der Waals surface area (Å²) in [5.74, 6) is -0.201. The number of aromatic nitrogens is 3. The van der Waals surface area contributed by atoms with Crippen LogP contribution in [0.25, 0.3) is 10.9 Å². The number of nitrogens with one attached hydrogen (secondary N) is 1. The number of para-hydroxylation sites is 1. The third kappa shape index (κ3) is 2.39. The van der Waals surface area contributed by atoms with Gasteiger partial charge in [-0.2, -0.15) is 0 Å². The predicted molar refractivity (Wildman–Crippen MR) is 93.0 cm³/mol. The minimum Gasteiger partial charge on any atom is -0.357 e. The molecule has 1 aliphatic rings. The van der Waals surface area contributed by atoms with Crippen LogP contribution in [0.4, 0.5) is 0 Å². The van der Waals surface area contributed by atoms with Gasteiger partial charge in [-0.05, 0) is 6.07 Å². The maximum atomic E-state index is 13.2. The van der Waals surface area contributed by atoms with Gasteiger partial charge in [-0.25, -0.2) is 4.98 Å². The second-order valence-electron chi connectivity index (χ2n) is 6.28. The van der Waals surface area contributed by atoms with Crippen molar-refractivity contribution in [2.24, 2.45) is 7.05 Å². The molecule has 0 fully saturated rings. The van der Waals surface area contributed by atoms with Crippen LogP contribution in [0.5, 0.6) is 0 Å². The second-order valence-corrected chi connectivity index (χ2v) is 6.28. The Morgan fingerprint density at radius 2 is 2.08 bits per heavy atom. The Labute approximate surface area is 144 Å². The molecule has 0 saturated carbocycles. The van der Waals surface area contributed by atoms with Gasteiger partial charge in [0.25, 0.3) is 5.91 Å². The molecule has 3 aromatic rings. The van der Waals surface area contributed by atoms with Crippen molar-refractivity contribution in [3.8, 4) is 0 Å². The molecule has 7 heteroatoms. The largest absolute Gasteiger partial charge is 0.357 e. The van der Waals surface area contributed by atoms with Crippen LogP contribution in [-0.2, 0) is 18.4 Å². The van der Waals surface area contributed by atoms with Crippen LogP contribution in [-0.4, -0.2) is 44.4 Å². The number of rotatable bonds is 2. The fourth-order valence-corrected chi connectivity index (χ4v) is 3.50. The van der Waals surface area contributed by atoms with Crippen molar-refractivity contribution in [3.05, 3.63) is 54.2 Å². The minimum atomic E-state index is -0.463. The quantitative estimate of drug-likeness (QED) is 0.766. The van der Waals surface area contributed by atoms with E-state index in [-0.39, 0.29) is 11.8 Å². The molecule has 0 unspecified atom stereocenters. The first-order valence-electron chi connectivity index (χ1n) is 8.15. The summed E-state index contributed by atoms with van der Waals surface area (Å²) < 4.78 is 3.79. The number of fused-ring (bicyclic) bond motifs is 2. The van der Waals surface area contributed by atoms with Gasteiger partial charge in [0, 0.05) is 37.4 Å². The number of aryl methyl sites for hydroxylation is 1. The third-order valence-electron chi connectivity index (χ3n) is 4.79. The molecular weight excluding hydrogens is 318 g/mol. The summed E-state index contributed by atoms with van der Waals surface area (Å²) in [4.78, 5) is 31.3. The number of likely N-dealkylation sites (N-methyl/N-ethyl adjacent to an activating group) is 1. The van der Waals surface area contributed by atoms with Crippen molar-refractivity contribution in [3.63, 3.8) is 0 Å². The standard InChI is InChI=1S/C18H19N5O2/c1-19-17(24)16-10-22(8-12-7-20-11-23(12)16)18(25)14-9-21(2)15-6-4-3-5-13(14)15/h3-7,9,11,16H,8,10H2,1-2H3,(H,19,24)/t16-/m1/s1. The van der Waals surface area contributed by atoms with E-state index in [1.165, 1.54) is 0 Å². The highest BCUT2D eigenvalue weighted by atomic mass is 16.2. The van der Waals surface area contributed by atoms with E-state index < -0.39 is 6.04 Å². The van der Waals surface area contributed by atoms with E-state index in [9.17, 15) is 9.59 Å². The van der Waals surface area contributed by atoms with Gasteiger partial charge in [0.15, 0.2) is 0 Å². The molecule has 0 spiro atoms. The van der Waals surface area contributed by atoms with E-state index >= 15 is 0 Å². The Hall–Kier alpha value is -3.09. The fraction of sp³-hybridized carbons (Fsp3) is 0.278. The van der Waals surface area contributed by atoms with Crippen LogP contribution in [0.1, 0.15) is 22.1 Å². The lowest BCUT2D eigenvalue weighted by atomic mass is 10.1. The van der Waals surface area contributed by atoms with Gasteiger partial charge in [0.2, 0.25) is 5.91 Å². The lowest BCUT2D eigenvalue weighted by molar-refractivity contribution is -0.124. The number of imidazole rings is 1. The maximum absolute atomic E-state index is 13.2. The lowest BCUT2D eigenvalue weighted by Crippen LogP contribution is -2.45. The zero-order valence-corrected chi connectivity index (χ0v) is 14.1. The van der Waals surface area contributed by atoms with Crippen LogP contribution in [0.2, 0.25) is 0 Å². The van der Waals surface area contributed by atoms with Gasteiger partial charge >= 0.3 is 0 Å². The zero-order valence-electron chi connectivity index (χ0n) is 14.1. The average Bonchev–Trinajstić information content (AvgIpc) is 3.24. The molecule has 0 radical (unpaired) electrons. The van der Waals surface area contributed by atoms with Crippen molar-refractivity contribution in [2.45, 2.75) is 12.6 Å². The summed E-state index contributed by atoms with van der Waals surface area (Å²) in [6.45, 7) is 0.765. The summed E-state index contributed by atoms with van der Waals surface area (Å²) in [5, 5.41) is 3.59. The summed E-state index contributed by atoms with van der Waals surface area (Å²) in [6, 6.07) is 7.36. The molecule has 7 nitrogen and oxygen atoms in total. The van der Waals surface area contributed by atoms with Crippen LogP contribution in [0.15, 0.2) is 43.0 Å². The number of benzene rings is 1. The fourth-order valence-electron chi connectivity index (χ4n) is 3.50. The monoisotopic (exact) mass is 337 g/mol. The Kier molecular flexibility index (Phi) is 3.56. The van der Waals surface area contributed by atoms with E-state index in [0.29, 0.717) is 18.7 Å². The summed E-state index contributed by atoms with van der Waals surface area (Å²) in [6.07, 6.45) is 5.21. The molecule has 1 atom stereocenters. The van der Waals surface area contributed by atoms with Crippen LogP contribution in [0, 0.1) is 0 Å². The van der Waals surface area contributed by atoms with E-state index in [1.807, 2.05) is 46.6 Å². The zero-order chi connectivity index (χ0) is 17.6. The molecule has 1 aromatic carbocycles. The van der Waals surface area contributed by atoms with E-state index in [4.69, 9.17) is 0 Å². The van der Waals surface area contributed by atoms with Gasteiger partial charge in [-0.3, -0.25) is 9.59 Å². The molecule has 1 aliphatic heterocycles. The van der Waals surface area contributed by atoms with Crippen LogP contribution in [0.3, 0.4) is 0 Å². The number of carbonyl (C=O) groups is 2. The minimum absolute atomic E-state index is 0.0712. The van der Waals surface area contributed by atoms with Gasteiger partial charge in [-0.1, -0.05) is 18.2 Å². The smallest absolute Gasteiger partial charge is 0.256 e. The topological polar surface area (TPSA) is 72.2 Å². The van der Waals surface area contributed by atoms with Gasteiger partial charge < -0.3 is 19.4 Å². The number of hydrogen-bond acceptors (Lipinski definition) is 3. The lowest BCUT2D eigenvalue weighted by Gasteiger charge is -2.33. The van der Waals surface area contributed by atoms with Crippen molar-refractivity contribution in [1.29, 1.82) is 0 Å². The molecule has 0 bridgehead atoms. The van der Waals surface area contributed by atoms with E-state index in [2.05, 4.69) is 10.3 Å². The van der Waals surface area contributed by atoms with Gasteiger partial charge in [0.05, 0.1) is 30.7 Å². The highest BCUT2D eigenvalue weighted by Gasteiger charge is 2.33. The van der Waals surface area contributed by atoms with Gasteiger partial charge in [0.1, 0.15) is 6.04 Å². The summed E-state index contributed by atoms with van der Waals surface area (Å²) >= 11 is 0. The number of hydrogen-bond donors (Lipinski definition) is 1. The number of carbonyl (C=O) groups excluding carboxylic acids is 2. The van der Waals surface area contributed by atoms with Crippen molar-refractivity contribution in [1.82, 2.24) is 24.3 Å². The van der Waals surface area contributed by atoms with Crippen LogP contribution >= 0.6 is 0 Å². The molecule has 25 heavy (non-hydrogen) atoms. The Balaban J connectivity index is 1.72. The molecule has 2 amide bonds. The molecule has 0 aliphatic carbocycles. The Morgan fingerprint density at radius 1 is 1.28 bits per heavy atom. The van der Waals surface area contributed by atoms with Crippen molar-refractivity contribution < 1.29 is 9.59 Å². The first-order valence-corrected chi connectivity index (χ1v) is 8.15. The molecule has 3 heterocycles. The normalized spacial score (nSPS) is 16.7. The third-order valence-corrected chi connectivity index (χ3v) is 4.79. The number of nitrogens with zero attached hydrogens (tertiary/aromatic N) is 4. The first-order chi connectivity index (χ1) is 12.1. The molecular formula is C18H19N5O2. The molecule has 1 N–H and O–H groups in total. The highest BCUT2D eigenvalue weighted by Crippen LogP contribution is 2.26. The van der Waals surface area contributed by atoms with E-state index in [0.717, 1.165) is 16.6 Å². The first kappa shape index (κ1) is 15.4.